The van der Waals surface area contributed by atoms with Gasteiger partial charge < -0.3 is 10.8 Å². The van der Waals surface area contributed by atoms with Crippen LogP contribution in [0, 0.1) is 6.92 Å². The highest BCUT2D eigenvalue weighted by atomic mass is 79.9. The van der Waals surface area contributed by atoms with E-state index in [0.29, 0.717) is 15.1 Å². The summed E-state index contributed by atoms with van der Waals surface area (Å²) in [5, 5.41) is 10.6. The van der Waals surface area contributed by atoms with Gasteiger partial charge in [0.2, 0.25) is 0 Å². The molecule has 0 saturated carbocycles. The molecule has 3 aromatic rings. The second-order valence-corrected chi connectivity index (χ2v) is 9.19. The van der Waals surface area contributed by atoms with Crippen LogP contribution in [-0.4, -0.2) is 46.5 Å². The number of halogens is 2. The molecule has 2 heterocycles. The number of thioether (sulfide) groups is 1. The molecule has 3 rings (SSSR count). The molecule has 4 N–H and O–H groups in total. The summed E-state index contributed by atoms with van der Waals surface area (Å²) in [6, 6.07) is 3.02. The van der Waals surface area contributed by atoms with Crippen molar-refractivity contribution < 1.29 is 9.90 Å². The number of hydrogen-bond acceptors (Lipinski definition) is 10. The number of nitrogens with zero attached hydrogens (tertiary/aromatic N) is 6. The van der Waals surface area contributed by atoms with E-state index in [-0.39, 0.29) is 5.56 Å². The molecule has 15 heteroatoms. The van der Waals surface area contributed by atoms with Crippen molar-refractivity contribution in [3.8, 4) is 0 Å². The average molecular weight is 558 g/mol. The fraction of sp³-hybridized carbons (Fsp3) is 0.278. The van der Waals surface area contributed by atoms with Crippen molar-refractivity contribution in [2.24, 2.45) is 5.73 Å². The molecule has 0 saturated heterocycles. The van der Waals surface area contributed by atoms with Crippen LogP contribution in [0.1, 0.15) is 17.5 Å². The minimum Gasteiger partial charge on any atom is -0.480 e. The van der Waals surface area contributed by atoms with Crippen molar-refractivity contribution in [1.82, 2.24) is 29.2 Å². The van der Waals surface area contributed by atoms with Crippen molar-refractivity contribution in [1.29, 1.82) is 0 Å². The summed E-state index contributed by atoms with van der Waals surface area (Å²) in [4.78, 5) is 50.8. The summed E-state index contributed by atoms with van der Waals surface area (Å²) in [5.74, 6) is -1.38. The van der Waals surface area contributed by atoms with Gasteiger partial charge in [0.15, 0.2) is 4.99 Å². The van der Waals surface area contributed by atoms with Gasteiger partial charge in [-0.2, -0.15) is 14.6 Å². The second-order valence-electron chi connectivity index (χ2n) is 6.91. The van der Waals surface area contributed by atoms with Gasteiger partial charge in [-0.05, 0) is 30.4 Å². The van der Waals surface area contributed by atoms with Gasteiger partial charge in [-0.3, -0.25) is 5.43 Å². The zero-order chi connectivity index (χ0) is 24.4. The SMILES string of the molecule is CSC(CC(N)(C(=O)O)c1ccc(Cl)c(C)c1Br)(Nn1cncnc1=O)n1cncnc1=O. The van der Waals surface area contributed by atoms with E-state index in [2.05, 4.69) is 41.3 Å². The van der Waals surface area contributed by atoms with Crippen LogP contribution in [0.15, 0.2) is 51.5 Å². The third-order valence-electron chi connectivity index (χ3n) is 4.97. The largest absolute Gasteiger partial charge is 0.480 e. The van der Waals surface area contributed by atoms with Crippen molar-refractivity contribution in [3.63, 3.8) is 0 Å². The van der Waals surface area contributed by atoms with Crippen LogP contribution in [0.25, 0.3) is 0 Å². The number of aromatic nitrogens is 6. The lowest BCUT2D eigenvalue weighted by atomic mass is 9.85. The Morgan fingerprint density at radius 2 is 1.88 bits per heavy atom. The molecule has 0 aliphatic carbocycles. The Bertz CT molecular complexity index is 1320. The monoisotopic (exact) mass is 556 g/mol. The molecule has 0 bridgehead atoms. The lowest BCUT2D eigenvalue weighted by Crippen LogP contribution is -2.58. The quantitative estimate of drug-likeness (QED) is 0.335. The maximum absolute atomic E-state index is 12.7. The first-order valence-electron chi connectivity index (χ1n) is 9.14. The van der Waals surface area contributed by atoms with Crippen LogP contribution in [-0.2, 0) is 15.3 Å². The lowest BCUT2D eigenvalue weighted by Gasteiger charge is -2.40. The van der Waals surface area contributed by atoms with Crippen LogP contribution >= 0.6 is 39.3 Å². The van der Waals surface area contributed by atoms with E-state index in [1.54, 1.807) is 13.2 Å². The first-order valence-corrected chi connectivity index (χ1v) is 11.5. The molecule has 12 nitrogen and oxygen atoms in total. The molecule has 1 aromatic carbocycles. The van der Waals surface area contributed by atoms with Crippen LogP contribution in [0.5, 0.6) is 0 Å². The lowest BCUT2D eigenvalue weighted by molar-refractivity contribution is -0.144. The van der Waals surface area contributed by atoms with E-state index >= 15 is 0 Å². The molecule has 0 amide bonds. The average Bonchev–Trinajstić information content (AvgIpc) is 2.78. The number of carboxylic acids is 1. The van der Waals surface area contributed by atoms with Gasteiger partial charge in [0, 0.05) is 15.9 Å². The highest BCUT2D eigenvalue weighted by molar-refractivity contribution is 9.10. The van der Waals surface area contributed by atoms with Gasteiger partial charge >= 0.3 is 17.3 Å². The Balaban J connectivity index is 2.28. The van der Waals surface area contributed by atoms with E-state index in [4.69, 9.17) is 17.3 Å². The van der Waals surface area contributed by atoms with Crippen molar-refractivity contribution in [3.05, 3.63) is 79.0 Å². The zero-order valence-electron chi connectivity index (χ0n) is 17.3. The van der Waals surface area contributed by atoms with Crippen LogP contribution in [0.4, 0.5) is 0 Å². The van der Waals surface area contributed by atoms with E-state index in [1.165, 1.54) is 12.1 Å². The first kappa shape index (κ1) is 24.8. The maximum atomic E-state index is 12.7. The second kappa shape index (κ2) is 9.59. The third kappa shape index (κ3) is 4.64. The third-order valence-corrected chi connectivity index (χ3v) is 7.51. The number of carboxylic acid groups (broad SMARTS) is 1. The van der Waals surface area contributed by atoms with Crippen LogP contribution in [0.3, 0.4) is 0 Å². The maximum Gasteiger partial charge on any atom is 0.369 e. The molecule has 0 spiro atoms. The number of rotatable bonds is 8. The first-order chi connectivity index (χ1) is 15.6. The fourth-order valence-corrected chi connectivity index (χ4v) is 5.01. The van der Waals surface area contributed by atoms with Crippen LogP contribution in [0.2, 0.25) is 5.02 Å². The van der Waals surface area contributed by atoms with E-state index in [9.17, 15) is 19.5 Å². The summed E-state index contributed by atoms with van der Waals surface area (Å²) >= 11 is 10.6. The highest BCUT2D eigenvalue weighted by Gasteiger charge is 2.48. The molecule has 174 valence electrons. The van der Waals surface area contributed by atoms with Gasteiger partial charge in [0.25, 0.3) is 0 Å². The number of nitrogens with two attached hydrogens (primary N) is 1. The molecule has 2 aromatic heterocycles. The minimum atomic E-state index is -2.07. The van der Waals surface area contributed by atoms with E-state index in [0.717, 1.165) is 46.3 Å². The molecule has 2 unspecified atom stereocenters. The Kier molecular flexibility index (Phi) is 7.21. The minimum absolute atomic E-state index is 0.207. The summed E-state index contributed by atoms with van der Waals surface area (Å²) in [6.07, 6.45) is 5.57. The number of nitrogens with one attached hydrogen (secondary N) is 1. The molecule has 0 aliphatic rings. The Morgan fingerprint density at radius 1 is 1.24 bits per heavy atom. The number of carbonyl (C=O) groups is 1. The van der Waals surface area contributed by atoms with Gasteiger partial charge in [-0.25, -0.2) is 28.9 Å². The highest BCUT2D eigenvalue weighted by Crippen LogP contribution is 2.42. The predicted molar refractivity (Wildman–Crippen MR) is 125 cm³/mol. The number of aliphatic carboxylic acids is 1. The topological polar surface area (TPSA) is 171 Å². The van der Waals surface area contributed by atoms with Crippen molar-refractivity contribution >= 4 is 45.3 Å². The Morgan fingerprint density at radius 3 is 2.45 bits per heavy atom. The standard InChI is InChI=1S/C18H18BrClN8O4S/c1-10-12(20)4-3-11(13(10)19)17(21,14(29)30)5-18(33-2,27-8-22-6-24-15(27)31)26-28-9-23-7-25-16(28)32/h3-4,6-9,26H,5,21H2,1-2H3,(H,29,30). The summed E-state index contributed by atoms with van der Waals surface area (Å²) in [6.45, 7) is 1.70. The molecule has 2 atom stereocenters. The van der Waals surface area contributed by atoms with E-state index in [1.807, 2.05) is 0 Å². The molecule has 0 fully saturated rings. The van der Waals surface area contributed by atoms with Crippen molar-refractivity contribution in [2.75, 3.05) is 11.7 Å². The fourth-order valence-electron chi connectivity index (χ4n) is 3.16. The van der Waals surface area contributed by atoms with Crippen molar-refractivity contribution in [2.45, 2.75) is 23.9 Å². The summed E-state index contributed by atoms with van der Waals surface area (Å²) < 4.78 is 2.37. The smallest absolute Gasteiger partial charge is 0.369 e. The normalized spacial score (nSPS) is 14.8. The molecular weight excluding hydrogens is 540 g/mol. The number of benzene rings is 1. The van der Waals surface area contributed by atoms with Crippen LogP contribution < -0.4 is 22.5 Å². The molecule has 33 heavy (non-hydrogen) atoms. The van der Waals surface area contributed by atoms with Gasteiger partial charge in [-0.1, -0.05) is 33.6 Å². The molecule has 0 radical (unpaired) electrons. The molecular formula is C18H18BrClN8O4S. The molecule has 0 aliphatic heterocycles. The van der Waals surface area contributed by atoms with Gasteiger partial charge in [-0.15, -0.1) is 11.8 Å². The Labute approximate surface area is 204 Å². The van der Waals surface area contributed by atoms with Gasteiger partial charge in [0.1, 0.15) is 30.8 Å². The summed E-state index contributed by atoms with van der Waals surface area (Å²) in [7, 11) is 0. The summed E-state index contributed by atoms with van der Waals surface area (Å²) in [5.41, 5.74) is 6.58. The number of hydrogen-bond donors (Lipinski definition) is 3. The predicted octanol–water partition coefficient (Wildman–Crippen LogP) is 0.860. The van der Waals surface area contributed by atoms with Gasteiger partial charge in [0.05, 0.1) is 0 Å². The zero-order valence-corrected chi connectivity index (χ0v) is 20.4. The Hall–Kier alpha value is -2.81. The van der Waals surface area contributed by atoms with E-state index < -0.39 is 34.3 Å².